The molecule has 6 nitrogen and oxygen atoms in total. The molecule has 1 aliphatic heterocycles. The molecule has 2 heterocycles. The highest BCUT2D eigenvalue weighted by molar-refractivity contribution is 5.79. The summed E-state index contributed by atoms with van der Waals surface area (Å²) in [5, 5.41) is 11.1. The number of nitrogens with one attached hydrogen (secondary N) is 2. The van der Waals surface area contributed by atoms with E-state index in [4.69, 9.17) is 4.74 Å². The number of aliphatic imine (C=N–C) groups is 1. The van der Waals surface area contributed by atoms with Gasteiger partial charge in [-0.15, -0.1) is 0 Å². The van der Waals surface area contributed by atoms with E-state index in [0.717, 1.165) is 51.6 Å². The number of benzene rings is 1. The predicted molar refractivity (Wildman–Crippen MR) is 104 cm³/mol. The van der Waals surface area contributed by atoms with Crippen LogP contribution in [0.2, 0.25) is 0 Å². The minimum absolute atomic E-state index is 0.730. The Morgan fingerprint density at radius 1 is 1.23 bits per heavy atom. The highest BCUT2D eigenvalue weighted by Crippen LogP contribution is 2.11. The van der Waals surface area contributed by atoms with Crippen molar-refractivity contribution in [1.29, 1.82) is 0 Å². The summed E-state index contributed by atoms with van der Waals surface area (Å²) in [7, 11) is 1.80. The van der Waals surface area contributed by atoms with Crippen molar-refractivity contribution in [3.8, 4) is 0 Å². The Kier molecular flexibility index (Phi) is 6.84. The second-order valence-corrected chi connectivity index (χ2v) is 6.26. The molecule has 0 aliphatic carbocycles. The maximum atomic E-state index is 5.35. The van der Waals surface area contributed by atoms with Gasteiger partial charge in [-0.2, -0.15) is 5.10 Å². The van der Waals surface area contributed by atoms with Gasteiger partial charge in [0.15, 0.2) is 5.96 Å². The van der Waals surface area contributed by atoms with Crippen molar-refractivity contribution in [3.05, 3.63) is 65.5 Å². The van der Waals surface area contributed by atoms with Gasteiger partial charge >= 0.3 is 0 Å². The lowest BCUT2D eigenvalue weighted by molar-refractivity contribution is 0.153. The van der Waals surface area contributed by atoms with Gasteiger partial charge in [0.25, 0.3) is 0 Å². The lowest BCUT2D eigenvalue weighted by Gasteiger charge is -2.16. The van der Waals surface area contributed by atoms with E-state index in [0.29, 0.717) is 0 Å². The molecule has 138 valence electrons. The highest BCUT2D eigenvalue weighted by atomic mass is 16.5. The number of guanidine groups is 1. The zero-order valence-corrected chi connectivity index (χ0v) is 15.3. The predicted octanol–water partition coefficient (Wildman–Crippen LogP) is 2.33. The molecule has 1 aromatic carbocycles. The lowest BCUT2D eigenvalue weighted by Crippen LogP contribution is -2.37. The summed E-state index contributed by atoms with van der Waals surface area (Å²) in [6, 6.07) is 10.4. The molecular weight excluding hydrogens is 326 g/mol. The molecule has 0 bridgehead atoms. The van der Waals surface area contributed by atoms with Crippen LogP contribution in [-0.4, -0.2) is 42.5 Å². The lowest BCUT2D eigenvalue weighted by atomic mass is 10.1. The van der Waals surface area contributed by atoms with E-state index in [1.165, 1.54) is 16.7 Å². The van der Waals surface area contributed by atoms with E-state index in [-0.39, 0.29) is 0 Å². The van der Waals surface area contributed by atoms with Gasteiger partial charge in [-0.1, -0.05) is 35.9 Å². The van der Waals surface area contributed by atoms with Crippen molar-refractivity contribution < 1.29 is 4.74 Å². The molecule has 0 atom stereocenters. The SMILES string of the molecule is CN=C(NCCC1=CCOCC1)NCc1ccccc1Cn1cccn1. The Balaban J connectivity index is 1.49. The third-order valence-corrected chi connectivity index (χ3v) is 4.48. The smallest absolute Gasteiger partial charge is 0.191 e. The number of hydrogen-bond donors (Lipinski definition) is 2. The second-order valence-electron chi connectivity index (χ2n) is 6.26. The molecule has 0 unspecified atom stereocenters. The number of aromatic nitrogens is 2. The first-order valence-electron chi connectivity index (χ1n) is 9.09. The van der Waals surface area contributed by atoms with Crippen molar-refractivity contribution in [2.75, 3.05) is 26.8 Å². The van der Waals surface area contributed by atoms with Crippen molar-refractivity contribution in [2.24, 2.45) is 4.99 Å². The van der Waals surface area contributed by atoms with Gasteiger partial charge in [-0.25, -0.2) is 0 Å². The summed E-state index contributed by atoms with van der Waals surface area (Å²) in [6.45, 7) is 3.96. The van der Waals surface area contributed by atoms with Gasteiger partial charge in [0, 0.05) is 32.5 Å². The minimum Gasteiger partial charge on any atom is -0.377 e. The van der Waals surface area contributed by atoms with E-state index >= 15 is 0 Å². The largest absolute Gasteiger partial charge is 0.377 e. The van der Waals surface area contributed by atoms with Crippen LogP contribution in [0.4, 0.5) is 0 Å². The second kappa shape index (κ2) is 9.77. The van der Waals surface area contributed by atoms with Crippen LogP contribution in [0, 0.1) is 0 Å². The molecule has 2 N–H and O–H groups in total. The standard InChI is InChI=1S/C20H27N5O/c1-21-20(22-11-7-17-8-13-26-14-9-17)23-15-18-5-2-3-6-19(18)16-25-12-4-10-24-25/h2-6,8,10,12H,7,9,11,13-16H2,1H3,(H2,21,22,23). The Bertz CT molecular complexity index is 736. The molecule has 0 saturated carbocycles. The van der Waals surface area contributed by atoms with Crippen LogP contribution in [0.3, 0.4) is 0 Å². The molecule has 1 aliphatic rings. The van der Waals surface area contributed by atoms with Gasteiger partial charge in [0.05, 0.1) is 19.8 Å². The molecule has 0 fully saturated rings. The summed E-state index contributed by atoms with van der Waals surface area (Å²) >= 11 is 0. The van der Waals surface area contributed by atoms with Gasteiger partial charge in [0.2, 0.25) is 0 Å². The van der Waals surface area contributed by atoms with E-state index in [2.05, 4.69) is 51.1 Å². The van der Waals surface area contributed by atoms with Crippen LogP contribution < -0.4 is 10.6 Å². The molecule has 2 aromatic rings. The van der Waals surface area contributed by atoms with Crippen LogP contribution in [-0.2, 0) is 17.8 Å². The fourth-order valence-corrected chi connectivity index (χ4v) is 2.99. The topological polar surface area (TPSA) is 63.5 Å². The molecule has 0 spiro atoms. The fraction of sp³-hybridized carbons (Fsp3) is 0.400. The van der Waals surface area contributed by atoms with Crippen molar-refractivity contribution in [2.45, 2.75) is 25.9 Å². The Morgan fingerprint density at radius 2 is 2.12 bits per heavy atom. The Hall–Kier alpha value is -2.60. The summed E-state index contributed by atoms with van der Waals surface area (Å²) in [6.07, 6.45) is 8.04. The quantitative estimate of drug-likeness (QED) is 0.456. The first-order valence-corrected chi connectivity index (χ1v) is 9.09. The Labute approximate surface area is 155 Å². The van der Waals surface area contributed by atoms with Crippen molar-refractivity contribution in [3.63, 3.8) is 0 Å². The van der Waals surface area contributed by atoms with Crippen LogP contribution in [0.15, 0.2) is 59.4 Å². The number of ether oxygens (including phenoxy) is 1. The number of nitrogens with zero attached hydrogens (tertiary/aromatic N) is 3. The number of hydrogen-bond acceptors (Lipinski definition) is 3. The average Bonchev–Trinajstić information content (AvgIpc) is 3.19. The Morgan fingerprint density at radius 3 is 2.85 bits per heavy atom. The molecule has 0 amide bonds. The molecule has 3 rings (SSSR count). The summed E-state index contributed by atoms with van der Waals surface area (Å²) in [5.41, 5.74) is 3.97. The van der Waals surface area contributed by atoms with Crippen molar-refractivity contribution >= 4 is 5.96 Å². The zero-order chi connectivity index (χ0) is 18.0. The summed E-state index contributed by atoms with van der Waals surface area (Å²) in [5.74, 6) is 0.826. The first kappa shape index (κ1) is 18.2. The maximum absolute atomic E-state index is 5.35. The summed E-state index contributed by atoms with van der Waals surface area (Å²) in [4.78, 5) is 4.32. The zero-order valence-electron chi connectivity index (χ0n) is 15.3. The normalized spacial score (nSPS) is 14.8. The van der Waals surface area contributed by atoms with Crippen LogP contribution in [0.1, 0.15) is 24.0 Å². The molecule has 1 aromatic heterocycles. The van der Waals surface area contributed by atoms with E-state index in [9.17, 15) is 0 Å². The van der Waals surface area contributed by atoms with Crippen LogP contribution in [0.5, 0.6) is 0 Å². The van der Waals surface area contributed by atoms with Gasteiger partial charge in [-0.05, 0) is 30.0 Å². The fourth-order valence-electron chi connectivity index (χ4n) is 2.99. The number of rotatable bonds is 7. The minimum atomic E-state index is 0.730. The molecular formula is C20H27N5O. The van der Waals surface area contributed by atoms with Crippen LogP contribution >= 0.6 is 0 Å². The molecule has 0 saturated heterocycles. The third-order valence-electron chi connectivity index (χ3n) is 4.48. The monoisotopic (exact) mass is 353 g/mol. The van der Waals surface area contributed by atoms with Crippen molar-refractivity contribution in [1.82, 2.24) is 20.4 Å². The molecule has 0 radical (unpaired) electrons. The van der Waals surface area contributed by atoms with E-state index < -0.39 is 0 Å². The van der Waals surface area contributed by atoms with Gasteiger partial charge in [-0.3, -0.25) is 9.67 Å². The highest BCUT2D eigenvalue weighted by Gasteiger charge is 2.06. The summed E-state index contributed by atoms with van der Waals surface area (Å²) < 4.78 is 7.28. The third kappa shape index (κ3) is 5.46. The van der Waals surface area contributed by atoms with Gasteiger partial charge < -0.3 is 15.4 Å². The van der Waals surface area contributed by atoms with Crippen LogP contribution in [0.25, 0.3) is 0 Å². The van der Waals surface area contributed by atoms with Gasteiger partial charge in [0.1, 0.15) is 0 Å². The first-order chi connectivity index (χ1) is 12.8. The van der Waals surface area contributed by atoms with E-state index in [1.807, 2.05) is 16.9 Å². The molecule has 6 heteroatoms. The molecule has 26 heavy (non-hydrogen) atoms. The average molecular weight is 353 g/mol. The van der Waals surface area contributed by atoms with E-state index in [1.54, 1.807) is 13.2 Å². The maximum Gasteiger partial charge on any atom is 0.191 e.